The normalized spacial score (nSPS) is 13.0. The van der Waals surface area contributed by atoms with E-state index >= 15 is 0 Å². The zero-order chi connectivity index (χ0) is 17.5. The molecule has 6 heteroatoms. The molecule has 0 spiro atoms. The minimum absolute atomic E-state index is 0.135. The van der Waals surface area contributed by atoms with Crippen LogP contribution in [0.1, 0.15) is 28.9 Å². The monoisotopic (exact) mass is 347 g/mol. The van der Waals surface area contributed by atoms with Crippen LogP contribution in [0, 0.1) is 0 Å². The molecule has 0 aliphatic heterocycles. The zero-order valence-electron chi connectivity index (χ0n) is 13.1. The standard InChI is InChI=1S/C18H18ClNO4/c1-2-24-18(23)16(21)15(12-8-10-14(19)11-9-12)20-17(22)13-6-4-3-5-7-13/h3-11,15-16,21H,2H2,1H3,(H,20,22)/t15-,16-/m0/s1. The van der Waals surface area contributed by atoms with E-state index in [0.717, 1.165) is 0 Å². The lowest BCUT2D eigenvalue weighted by molar-refractivity contribution is -0.154. The molecule has 2 N–H and O–H groups in total. The minimum Gasteiger partial charge on any atom is -0.464 e. The Morgan fingerprint density at radius 2 is 1.75 bits per heavy atom. The quantitative estimate of drug-likeness (QED) is 0.788. The molecule has 2 aromatic rings. The van der Waals surface area contributed by atoms with E-state index in [9.17, 15) is 14.7 Å². The van der Waals surface area contributed by atoms with Gasteiger partial charge in [-0.2, -0.15) is 0 Å². The molecule has 126 valence electrons. The number of benzene rings is 2. The van der Waals surface area contributed by atoms with Gasteiger partial charge in [0.2, 0.25) is 0 Å². The highest BCUT2D eigenvalue weighted by Crippen LogP contribution is 2.21. The summed E-state index contributed by atoms with van der Waals surface area (Å²) >= 11 is 5.87. The Hall–Kier alpha value is -2.37. The molecule has 1 amide bonds. The molecule has 0 bridgehead atoms. The van der Waals surface area contributed by atoms with Gasteiger partial charge in [0.1, 0.15) is 0 Å². The lowest BCUT2D eigenvalue weighted by Crippen LogP contribution is -2.41. The van der Waals surface area contributed by atoms with Crippen molar-refractivity contribution in [2.45, 2.75) is 19.1 Å². The van der Waals surface area contributed by atoms with Gasteiger partial charge in [-0.1, -0.05) is 41.9 Å². The highest BCUT2D eigenvalue weighted by atomic mass is 35.5. The van der Waals surface area contributed by atoms with Crippen LogP contribution in [0.3, 0.4) is 0 Å². The molecule has 24 heavy (non-hydrogen) atoms. The molecule has 0 aliphatic rings. The molecule has 0 fully saturated rings. The maximum Gasteiger partial charge on any atom is 0.337 e. The molecule has 0 unspecified atom stereocenters. The van der Waals surface area contributed by atoms with Gasteiger partial charge in [-0.15, -0.1) is 0 Å². The van der Waals surface area contributed by atoms with Crippen LogP contribution in [0.5, 0.6) is 0 Å². The summed E-state index contributed by atoms with van der Waals surface area (Å²) in [6, 6.07) is 14.1. The van der Waals surface area contributed by atoms with E-state index in [1.165, 1.54) is 0 Å². The Morgan fingerprint density at radius 1 is 1.12 bits per heavy atom. The van der Waals surface area contributed by atoms with Crippen LogP contribution in [0.4, 0.5) is 0 Å². The van der Waals surface area contributed by atoms with E-state index in [-0.39, 0.29) is 6.61 Å². The van der Waals surface area contributed by atoms with Gasteiger partial charge in [-0.25, -0.2) is 4.79 Å². The van der Waals surface area contributed by atoms with E-state index in [1.807, 2.05) is 0 Å². The Bertz CT molecular complexity index is 688. The number of amides is 1. The fraction of sp³-hybridized carbons (Fsp3) is 0.222. The highest BCUT2D eigenvalue weighted by Gasteiger charge is 2.30. The first kappa shape index (κ1) is 18.0. The van der Waals surface area contributed by atoms with Crippen LogP contribution in [-0.2, 0) is 9.53 Å². The average molecular weight is 348 g/mol. The largest absolute Gasteiger partial charge is 0.464 e. The fourth-order valence-electron chi connectivity index (χ4n) is 2.19. The first-order valence-corrected chi connectivity index (χ1v) is 7.86. The van der Waals surface area contributed by atoms with Gasteiger partial charge in [-0.3, -0.25) is 4.79 Å². The van der Waals surface area contributed by atoms with Crippen molar-refractivity contribution < 1.29 is 19.4 Å². The van der Waals surface area contributed by atoms with Gasteiger partial charge in [-0.05, 0) is 36.8 Å². The van der Waals surface area contributed by atoms with Crippen molar-refractivity contribution in [1.82, 2.24) is 5.32 Å². The van der Waals surface area contributed by atoms with Crippen molar-refractivity contribution >= 4 is 23.5 Å². The van der Waals surface area contributed by atoms with E-state index in [4.69, 9.17) is 16.3 Å². The van der Waals surface area contributed by atoms with Crippen molar-refractivity contribution in [2.24, 2.45) is 0 Å². The lowest BCUT2D eigenvalue weighted by Gasteiger charge is -2.23. The number of rotatable bonds is 6. The van der Waals surface area contributed by atoms with Crippen molar-refractivity contribution in [3.05, 3.63) is 70.7 Å². The molecule has 0 radical (unpaired) electrons. The summed E-state index contributed by atoms with van der Waals surface area (Å²) < 4.78 is 4.85. The van der Waals surface area contributed by atoms with Gasteiger partial charge >= 0.3 is 5.97 Å². The first-order valence-electron chi connectivity index (χ1n) is 7.49. The lowest BCUT2D eigenvalue weighted by atomic mass is 10.0. The van der Waals surface area contributed by atoms with Crippen LogP contribution in [0.25, 0.3) is 0 Å². The van der Waals surface area contributed by atoms with Gasteiger partial charge in [0.25, 0.3) is 5.91 Å². The minimum atomic E-state index is -1.53. The van der Waals surface area contributed by atoms with Crippen LogP contribution >= 0.6 is 11.6 Å². The molecule has 2 aromatic carbocycles. The zero-order valence-corrected chi connectivity index (χ0v) is 13.9. The fourth-order valence-corrected chi connectivity index (χ4v) is 2.32. The van der Waals surface area contributed by atoms with Gasteiger partial charge in [0.05, 0.1) is 12.6 Å². The van der Waals surface area contributed by atoms with E-state index in [2.05, 4.69) is 5.32 Å². The predicted molar refractivity (Wildman–Crippen MR) is 90.7 cm³/mol. The highest BCUT2D eigenvalue weighted by molar-refractivity contribution is 6.30. The van der Waals surface area contributed by atoms with Crippen molar-refractivity contribution in [2.75, 3.05) is 6.61 Å². The van der Waals surface area contributed by atoms with Crippen molar-refractivity contribution in [3.8, 4) is 0 Å². The Labute approximate surface area is 145 Å². The second-order valence-electron chi connectivity index (χ2n) is 5.07. The molecule has 2 atom stereocenters. The number of halogens is 1. The average Bonchev–Trinajstić information content (AvgIpc) is 2.60. The van der Waals surface area contributed by atoms with Gasteiger partial charge in [0, 0.05) is 10.6 Å². The summed E-state index contributed by atoms with van der Waals surface area (Å²) in [7, 11) is 0. The first-order chi connectivity index (χ1) is 11.5. The number of ether oxygens (including phenoxy) is 1. The van der Waals surface area contributed by atoms with Crippen LogP contribution < -0.4 is 5.32 Å². The molecular weight excluding hydrogens is 330 g/mol. The third-order valence-electron chi connectivity index (χ3n) is 3.40. The van der Waals surface area contributed by atoms with Gasteiger partial charge < -0.3 is 15.2 Å². The number of hydrogen-bond donors (Lipinski definition) is 2. The molecular formula is C18H18ClNO4. The van der Waals surface area contributed by atoms with E-state index < -0.39 is 24.0 Å². The molecule has 0 aliphatic carbocycles. The number of aliphatic hydroxyl groups excluding tert-OH is 1. The topological polar surface area (TPSA) is 75.6 Å². The molecule has 5 nitrogen and oxygen atoms in total. The van der Waals surface area contributed by atoms with Crippen molar-refractivity contribution in [3.63, 3.8) is 0 Å². The Kier molecular flexibility index (Phi) is 6.35. The predicted octanol–water partition coefficient (Wildman–Crippen LogP) is 2.74. The smallest absolute Gasteiger partial charge is 0.337 e. The third-order valence-corrected chi connectivity index (χ3v) is 3.65. The number of aliphatic hydroxyl groups is 1. The van der Waals surface area contributed by atoms with Crippen LogP contribution in [-0.4, -0.2) is 29.7 Å². The summed E-state index contributed by atoms with van der Waals surface area (Å²) in [5.74, 6) is -1.20. The number of esters is 1. The maximum absolute atomic E-state index is 12.4. The van der Waals surface area contributed by atoms with Crippen LogP contribution in [0.15, 0.2) is 54.6 Å². The molecule has 0 saturated heterocycles. The molecule has 0 heterocycles. The second-order valence-corrected chi connectivity index (χ2v) is 5.50. The molecule has 0 aromatic heterocycles. The van der Waals surface area contributed by atoms with Crippen LogP contribution in [0.2, 0.25) is 5.02 Å². The molecule has 0 saturated carbocycles. The SMILES string of the molecule is CCOC(=O)[C@@H](O)[C@@H](NC(=O)c1ccccc1)c1ccc(Cl)cc1. The number of hydrogen-bond acceptors (Lipinski definition) is 4. The summed E-state index contributed by atoms with van der Waals surface area (Å²) in [4.78, 5) is 24.3. The maximum atomic E-state index is 12.4. The third kappa shape index (κ3) is 4.57. The number of nitrogens with one attached hydrogen (secondary N) is 1. The number of carbonyl (C=O) groups is 2. The van der Waals surface area contributed by atoms with E-state index in [1.54, 1.807) is 61.5 Å². The van der Waals surface area contributed by atoms with E-state index in [0.29, 0.717) is 16.1 Å². The second kappa shape index (κ2) is 8.47. The summed E-state index contributed by atoms with van der Waals surface area (Å²) in [6.45, 7) is 1.78. The number of carbonyl (C=O) groups excluding carboxylic acids is 2. The Balaban J connectivity index is 2.26. The van der Waals surface area contributed by atoms with Gasteiger partial charge in [0.15, 0.2) is 6.10 Å². The summed E-state index contributed by atoms with van der Waals surface area (Å²) in [5, 5.41) is 13.5. The summed E-state index contributed by atoms with van der Waals surface area (Å²) in [5.41, 5.74) is 0.969. The molecule has 2 rings (SSSR count). The Morgan fingerprint density at radius 3 is 2.33 bits per heavy atom. The van der Waals surface area contributed by atoms with Crippen molar-refractivity contribution in [1.29, 1.82) is 0 Å². The summed E-state index contributed by atoms with van der Waals surface area (Å²) in [6.07, 6.45) is -1.53.